The highest BCUT2D eigenvalue weighted by molar-refractivity contribution is 5.31. The number of nitrogens with zero attached hydrogens (tertiary/aromatic N) is 1. The zero-order chi connectivity index (χ0) is 14.0. The Morgan fingerprint density at radius 1 is 1.37 bits per heavy atom. The highest BCUT2D eigenvalue weighted by atomic mass is 15.2. The van der Waals surface area contributed by atoms with E-state index in [0.29, 0.717) is 0 Å². The van der Waals surface area contributed by atoms with Crippen LogP contribution in [0.4, 0.5) is 0 Å². The fourth-order valence-corrected chi connectivity index (χ4v) is 2.92. The zero-order valence-electron chi connectivity index (χ0n) is 12.8. The number of hydrogen-bond acceptors (Lipinski definition) is 2. The van der Waals surface area contributed by atoms with Crippen molar-refractivity contribution in [2.75, 3.05) is 14.1 Å². The Labute approximate surface area is 118 Å². The minimum Gasteiger partial charge on any atom is -0.322 e. The van der Waals surface area contributed by atoms with Gasteiger partial charge in [-0.15, -0.1) is 0 Å². The largest absolute Gasteiger partial charge is 0.322 e. The van der Waals surface area contributed by atoms with Crippen LogP contribution in [0, 0.1) is 0 Å². The van der Waals surface area contributed by atoms with Gasteiger partial charge < -0.3 is 10.6 Å². The molecule has 1 aromatic carbocycles. The Kier molecular flexibility index (Phi) is 4.32. The molecule has 0 amide bonds. The molecule has 1 aliphatic rings. The Morgan fingerprint density at radius 3 is 2.53 bits per heavy atom. The van der Waals surface area contributed by atoms with E-state index in [0.717, 1.165) is 12.3 Å². The topological polar surface area (TPSA) is 29.3 Å². The van der Waals surface area contributed by atoms with Gasteiger partial charge in [0.1, 0.15) is 0 Å². The first-order valence-corrected chi connectivity index (χ1v) is 7.52. The minimum atomic E-state index is 0.0121. The van der Waals surface area contributed by atoms with Crippen LogP contribution in [-0.4, -0.2) is 24.5 Å². The van der Waals surface area contributed by atoms with E-state index < -0.39 is 0 Å². The minimum absolute atomic E-state index is 0.0121. The Morgan fingerprint density at radius 2 is 2.05 bits per heavy atom. The molecular formula is C17H28N2. The van der Waals surface area contributed by atoms with Gasteiger partial charge in [0.2, 0.25) is 0 Å². The number of hydrogen-bond donors (Lipinski definition) is 1. The van der Waals surface area contributed by atoms with Crippen LogP contribution in [0.15, 0.2) is 24.3 Å². The van der Waals surface area contributed by atoms with Crippen molar-refractivity contribution in [1.29, 1.82) is 0 Å². The van der Waals surface area contributed by atoms with Gasteiger partial charge in [0.25, 0.3) is 0 Å². The Balaban J connectivity index is 2.25. The van der Waals surface area contributed by atoms with Gasteiger partial charge in [-0.05, 0) is 57.3 Å². The molecule has 2 N–H and O–H groups in total. The normalized spacial score (nSPS) is 20.9. The molecule has 19 heavy (non-hydrogen) atoms. The fraction of sp³-hybridized carbons (Fsp3) is 0.647. The monoisotopic (exact) mass is 260 g/mol. The number of likely N-dealkylation sites (N-methyl/N-ethyl adjacent to an activating group) is 1. The molecule has 0 aliphatic heterocycles. The average molecular weight is 260 g/mol. The molecule has 0 radical (unpaired) electrons. The van der Waals surface area contributed by atoms with Crippen LogP contribution in [0.3, 0.4) is 0 Å². The van der Waals surface area contributed by atoms with Gasteiger partial charge >= 0.3 is 0 Å². The maximum absolute atomic E-state index is 6.57. The van der Waals surface area contributed by atoms with Gasteiger partial charge in [0, 0.05) is 11.6 Å². The maximum atomic E-state index is 6.57. The summed E-state index contributed by atoms with van der Waals surface area (Å²) < 4.78 is 0. The lowest BCUT2D eigenvalue weighted by Crippen LogP contribution is -2.49. The molecule has 2 heteroatoms. The molecule has 1 saturated carbocycles. The third kappa shape index (κ3) is 2.70. The maximum Gasteiger partial charge on any atom is 0.0479 e. The second-order valence-corrected chi connectivity index (χ2v) is 6.38. The summed E-state index contributed by atoms with van der Waals surface area (Å²) in [6.45, 7) is 4.48. The predicted molar refractivity (Wildman–Crippen MR) is 82.3 cm³/mol. The summed E-state index contributed by atoms with van der Waals surface area (Å²) in [4.78, 5) is 2.26. The van der Waals surface area contributed by atoms with Crippen LogP contribution in [0.2, 0.25) is 0 Å². The molecule has 0 saturated heterocycles. The molecule has 0 bridgehead atoms. The van der Waals surface area contributed by atoms with E-state index in [1.54, 1.807) is 0 Å². The number of nitrogens with two attached hydrogens (primary N) is 1. The quantitative estimate of drug-likeness (QED) is 0.875. The fourth-order valence-electron chi connectivity index (χ4n) is 2.92. The lowest BCUT2D eigenvalue weighted by Gasteiger charge is -2.41. The third-order valence-corrected chi connectivity index (χ3v) is 5.25. The molecule has 0 aromatic heterocycles. The molecule has 2 rings (SSSR count). The summed E-state index contributed by atoms with van der Waals surface area (Å²) >= 11 is 0. The lowest BCUT2D eigenvalue weighted by atomic mass is 9.78. The first-order chi connectivity index (χ1) is 8.99. The van der Waals surface area contributed by atoms with E-state index in [1.165, 1.54) is 30.4 Å². The van der Waals surface area contributed by atoms with Gasteiger partial charge in [-0.1, -0.05) is 37.6 Å². The van der Waals surface area contributed by atoms with Crippen LogP contribution in [-0.2, 0) is 0 Å². The Hall–Kier alpha value is -0.860. The van der Waals surface area contributed by atoms with Crippen molar-refractivity contribution in [2.45, 2.75) is 57.0 Å². The first kappa shape index (κ1) is 14.5. The predicted octanol–water partition coefficient (Wildman–Crippen LogP) is 3.68. The van der Waals surface area contributed by atoms with Gasteiger partial charge in [0.05, 0.1) is 0 Å². The molecule has 1 aliphatic carbocycles. The van der Waals surface area contributed by atoms with Crippen LogP contribution in [0.5, 0.6) is 0 Å². The standard InChI is InChI=1S/C17H28N2/c1-5-17(2,19(3)4)16(18)15-11-7-10-14(12-15)13-8-6-9-13/h7,10-13,16H,5-6,8-9,18H2,1-4H3. The third-order valence-electron chi connectivity index (χ3n) is 5.25. The van der Waals surface area contributed by atoms with Crippen molar-refractivity contribution in [1.82, 2.24) is 4.90 Å². The summed E-state index contributed by atoms with van der Waals surface area (Å²) in [6.07, 6.45) is 5.12. The highest BCUT2D eigenvalue weighted by Crippen LogP contribution is 2.38. The van der Waals surface area contributed by atoms with E-state index in [1.807, 2.05) is 0 Å². The van der Waals surface area contributed by atoms with E-state index in [9.17, 15) is 0 Å². The lowest BCUT2D eigenvalue weighted by molar-refractivity contribution is 0.132. The summed E-state index contributed by atoms with van der Waals surface area (Å²) in [6, 6.07) is 9.02. The van der Waals surface area contributed by atoms with E-state index >= 15 is 0 Å². The van der Waals surface area contributed by atoms with Gasteiger partial charge in [-0.3, -0.25) is 0 Å². The second-order valence-electron chi connectivity index (χ2n) is 6.38. The first-order valence-electron chi connectivity index (χ1n) is 7.52. The average Bonchev–Trinajstić information content (AvgIpc) is 2.35. The van der Waals surface area contributed by atoms with Gasteiger partial charge in [0.15, 0.2) is 0 Å². The molecule has 0 spiro atoms. The molecular weight excluding hydrogens is 232 g/mol. The Bertz CT molecular complexity index is 423. The van der Waals surface area contributed by atoms with E-state index in [4.69, 9.17) is 5.73 Å². The van der Waals surface area contributed by atoms with Crippen molar-refractivity contribution in [3.63, 3.8) is 0 Å². The van der Waals surface area contributed by atoms with Crippen LogP contribution < -0.4 is 5.73 Å². The molecule has 2 atom stereocenters. The van der Waals surface area contributed by atoms with E-state index in [-0.39, 0.29) is 11.6 Å². The molecule has 1 aromatic rings. The highest BCUT2D eigenvalue weighted by Gasteiger charge is 2.33. The van der Waals surface area contributed by atoms with Crippen molar-refractivity contribution < 1.29 is 0 Å². The summed E-state index contributed by atoms with van der Waals surface area (Å²) in [5.74, 6) is 0.777. The molecule has 106 valence electrons. The molecule has 2 nitrogen and oxygen atoms in total. The van der Waals surface area contributed by atoms with Crippen LogP contribution in [0.1, 0.15) is 62.6 Å². The molecule has 2 unspecified atom stereocenters. The van der Waals surface area contributed by atoms with Crippen LogP contribution in [0.25, 0.3) is 0 Å². The van der Waals surface area contributed by atoms with E-state index in [2.05, 4.69) is 57.1 Å². The van der Waals surface area contributed by atoms with Gasteiger partial charge in [-0.25, -0.2) is 0 Å². The van der Waals surface area contributed by atoms with Crippen molar-refractivity contribution >= 4 is 0 Å². The molecule has 1 fully saturated rings. The summed E-state index contributed by atoms with van der Waals surface area (Å²) in [5, 5.41) is 0. The second kappa shape index (κ2) is 5.64. The summed E-state index contributed by atoms with van der Waals surface area (Å²) in [7, 11) is 4.25. The van der Waals surface area contributed by atoms with Crippen LogP contribution >= 0.6 is 0 Å². The smallest absolute Gasteiger partial charge is 0.0479 e. The zero-order valence-corrected chi connectivity index (χ0v) is 12.8. The van der Waals surface area contributed by atoms with Crippen molar-refractivity contribution in [3.05, 3.63) is 35.4 Å². The van der Waals surface area contributed by atoms with Crippen molar-refractivity contribution in [2.24, 2.45) is 5.73 Å². The van der Waals surface area contributed by atoms with Crippen molar-refractivity contribution in [3.8, 4) is 0 Å². The van der Waals surface area contributed by atoms with Gasteiger partial charge in [-0.2, -0.15) is 0 Å². The number of rotatable bonds is 5. The summed E-state index contributed by atoms with van der Waals surface area (Å²) in [5.41, 5.74) is 9.35. The molecule has 0 heterocycles. The SMILES string of the molecule is CCC(C)(C(N)c1cccc(C2CCC2)c1)N(C)C. The number of benzene rings is 1.